The summed E-state index contributed by atoms with van der Waals surface area (Å²) in [6.45, 7) is 1.92. The number of anilines is 1. The molecule has 100 valence electrons. The van der Waals surface area contributed by atoms with Crippen LogP contribution in [-0.2, 0) is 0 Å². The highest BCUT2D eigenvalue weighted by Crippen LogP contribution is 2.20. The molecule has 0 spiro atoms. The Labute approximate surface area is 124 Å². The van der Waals surface area contributed by atoms with Crippen molar-refractivity contribution in [2.75, 3.05) is 5.32 Å². The molecule has 2 rings (SSSR count). The van der Waals surface area contributed by atoms with Crippen molar-refractivity contribution in [3.63, 3.8) is 0 Å². The minimum atomic E-state index is -0.516. The summed E-state index contributed by atoms with van der Waals surface area (Å²) in [6.07, 6.45) is 0. The summed E-state index contributed by atoms with van der Waals surface area (Å²) in [5.41, 5.74) is 1.84. The van der Waals surface area contributed by atoms with Gasteiger partial charge in [0.2, 0.25) is 0 Å². The number of carbonyl (C=O) groups excluding carboxylic acids is 1. The lowest BCUT2D eigenvalue weighted by atomic mass is 10.1. The van der Waals surface area contributed by atoms with E-state index in [-0.39, 0.29) is 17.2 Å². The van der Waals surface area contributed by atoms with E-state index in [0.29, 0.717) is 5.56 Å². The summed E-state index contributed by atoms with van der Waals surface area (Å²) in [5.74, 6) is -0.869. The summed E-state index contributed by atoms with van der Waals surface area (Å²) < 4.78 is 13.8. The number of hydrogen-bond donors (Lipinski definition) is 1. The van der Waals surface area contributed by atoms with Gasteiger partial charge in [-0.2, -0.15) is 5.26 Å². The molecule has 3 nitrogen and oxygen atoms in total. The molecule has 5 heteroatoms. The predicted molar refractivity (Wildman–Crippen MR) is 77.9 cm³/mol. The van der Waals surface area contributed by atoms with Gasteiger partial charge in [0.1, 0.15) is 11.9 Å². The number of hydrogen-bond acceptors (Lipinski definition) is 2. The number of benzene rings is 2. The largest absolute Gasteiger partial charge is 0.321 e. The molecule has 20 heavy (non-hydrogen) atoms. The van der Waals surface area contributed by atoms with Crippen molar-refractivity contribution >= 4 is 27.5 Å². The molecule has 0 saturated carbocycles. The number of amides is 1. The molecular formula is C15H10BrFN2O. The summed E-state index contributed by atoms with van der Waals surface area (Å²) >= 11 is 3.36. The first-order chi connectivity index (χ1) is 9.51. The Hall–Kier alpha value is -2.19. The highest BCUT2D eigenvalue weighted by Gasteiger charge is 2.11. The number of carbonyl (C=O) groups is 1. The van der Waals surface area contributed by atoms with Crippen molar-refractivity contribution in [3.8, 4) is 6.07 Å². The van der Waals surface area contributed by atoms with E-state index in [1.807, 2.05) is 19.1 Å². The molecule has 0 aliphatic rings. The Kier molecular flexibility index (Phi) is 4.16. The number of nitrogens with one attached hydrogen (secondary N) is 1. The average Bonchev–Trinajstić information content (AvgIpc) is 2.43. The van der Waals surface area contributed by atoms with E-state index >= 15 is 0 Å². The first kappa shape index (κ1) is 14.2. The first-order valence-corrected chi connectivity index (χ1v) is 6.57. The van der Waals surface area contributed by atoms with Crippen molar-refractivity contribution < 1.29 is 9.18 Å². The number of rotatable bonds is 2. The van der Waals surface area contributed by atoms with Crippen molar-refractivity contribution in [1.82, 2.24) is 0 Å². The van der Waals surface area contributed by atoms with Crippen LogP contribution in [0.5, 0.6) is 0 Å². The molecule has 0 unspecified atom stereocenters. The zero-order chi connectivity index (χ0) is 14.7. The number of nitriles is 1. The lowest BCUT2D eigenvalue weighted by Gasteiger charge is -2.08. The summed E-state index contributed by atoms with van der Waals surface area (Å²) in [6, 6.07) is 10.7. The molecule has 0 aliphatic heterocycles. The average molecular weight is 333 g/mol. The topological polar surface area (TPSA) is 52.9 Å². The predicted octanol–water partition coefficient (Wildman–Crippen LogP) is 4.02. The smallest absolute Gasteiger partial charge is 0.255 e. The first-order valence-electron chi connectivity index (χ1n) is 5.78. The molecule has 0 aliphatic carbocycles. The quantitative estimate of drug-likeness (QED) is 0.902. The van der Waals surface area contributed by atoms with E-state index in [0.717, 1.165) is 16.1 Å². The molecule has 2 aromatic rings. The lowest BCUT2D eigenvalue weighted by molar-refractivity contribution is 0.102. The van der Waals surface area contributed by atoms with Gasteiger partial charge < -0.3 is 5.32 Å². The van der Waals surface area contributed by atoms with E-state index in [1.54, 1.807) is 12.1 Å². The van der Waals surface area contributed by atoms with E-state index in [1.165, 1.54) is 12.1 Å². The maximum absolute atomic E-state index is 13.0. The fourth-order valence-electron chi connectivity index (χ4n) is 1.65. The van der Waals surface area contributed by atoms with Crippen molar-refractivity contribution in [3.05, 3.63) is 63.4 Å². The van der Waals surface area contributed by atoms with Gasteiger partial charge >= 0.3 is 0 Å². The molecule has 0 aromatic heterocycles. The van der Waals surface area contributed by atoms with Gasteiger partial charge in [-0.1, -0.05) is 22.0 Å². The molecule has 0 saturated heterocycles. The molecule has 0 heterocycles. The lowest BCUT2D eigenvalue weighted by Crippen LogP contribution is -2.13. The third-order valence-corrected chi connectivity index (χ3v) is 3.64. The second-order valence-corrected chi connectivity index (χ2v) is 5.07. The van der Waals surface area contributed by atoms with Gasteiger partial charge in [-0.15, -0.1) is 0 Å². The Morgan fingerprint density at radius 1 is 1.30 bits per heavy atom. The highest BCUT2D eigenvalue weighted by atomic mass is 79.9. The minimum absolute atomic E-state index is 0.0875. The summed E-state index contributed by atoms with van der Waals surface area (Å²) in [5, 5.41) is 11.5. The SMILES string of the molecule is Cc1ccc(C(=O)Nc2ccc(F)cc2C#N)cc1Br. The summed E-state index contributed by atoms with van der Waals surface area (Å²) in [4.78, 5) is 12.1. The normalized spacial score (nSPS) is 9.90. The van der Waals surface area contributed by atoms with Crippen molar-refractivity contribution in [1.29, 1.82) is 5.26 Å². The Morgan fingerprint density at radius 3 is 2.70 bits per heavy atom. The molecule has 0 fully saturated rings. The highest BCUT2D eigenvalue weighted by molar-refractivity contribution is 9.10. The number of nitrogens with zero attached hydrogens (tertiary/aromatic N) is 1. The third kappa shape index (κ3) is 3.03. The van der Waals surface area contributed by atoms with Crippen LogP contribution < -0.4 is 5.32 Å². The molecule has 0 bridgehead atoms. The van der Waals surface area contributed by atoms with E-state index in [2.05, 4.69) is 21.2 Å². The number of halogens is 2. The van der Waals surface area contributed by atoms with E-state index < -0.39 is 5.82 Å². The fourth-order valence-corrected chi connectivity index (χ4v) is 2.03. The second-order valence-electron chi connectivity index (χ2n) is 4.22. The van der Waals surface area contributed by atoms with Gasteiger partial charge in [0.25, 0.3) is 5.91 Å². The van der Waals surface area contributed by atoms with Crippen LogP contribution in [0.15, 0.2) is 40.9 Å². The van der Waals surface area contributed by atoms with Crippen molar-refractivity contribution in [2.45, 2.75) is 6.92 Å². The van der Waals surface area contributed by atoms with Crippen molar-refractivity contribution in [2.24, 2.45) is 0 Å². The molecular weight excluding hydrogens is 323 g/mol. The van der Waals surface area contributed by atoms with Gasteiger partial charge in [-0.05, 0) is 42.8 Å². The second kappa shape index (κ2) is 5.85. The summed E-state index contributed by atoms with van der Waals surface area (Å²) in [7, 11) is 0. The Balaban J connectivity index is 2.28. The number of aryl methyl sites for hydroxylation is 1. The monoisotopic (exact) mass is 332 g/mol. The molecule has 0 radical (unpaired) electrons. The van der Waals surface area contributed by atoms with Gasteiger partial charge in [0.05, 0.1) is 11.3 Å². The zero-order valence-electron chi connectivity index (χ0n) is 10.6. The van der Waals surface area contributed by atoms with Crippen LogP contribution in [0.2, 0.25) is 0 Å². The molecule has 1 amide bonds. The maximum Gasteiger partial charge on any atom is 0.255 e. The molecule has 0 atom stereocenters. The van der Waals surface area contributed by atoms with Gasteiger partial charge in [0, 0.05) is 10.0 Å². The minimum Gasteiger partial charge on any atom is -0.321 e. The van der Waals surface area contributed by atoms with E-state index in [9.17, 15) is 9.18 Å². The fraction of sp³-hybridized carbons (Fsp3) is 0.0667. The molecule has 2 aromatic carbocycles. The maximum atomic E-state index is 13.0. The van der Waals surface area contributed by atoms with Crippen LogP contribution in [0.4, 0.5) is 10.1 Å². The Bertz CT molecular complexity index is 722. The van der Waals surface area contributed by atoms with E-state index in [4.69, 9.17) is 5.26 Å². The van der Waals surface area contributed by atoms with Crippen LogP contribution in [0.3, 0.4) is 0 Å². The zero-order valence-corrected chi connectivity index (χ0v) is 12.2. The van der Waals surface area contributed by atoms with Crippen LogP contribution in [0, 0.1) is 24.1 Å². The van der Waals surface area contributed by atoms with Crippen LogP contribution in [0.25, 0.3) is 0 Å². The van der Waals surface area contributed by atoms with Gasteiger partial charge in [-0.25, -0.2) is 4.39 Å². The van der Waals surface area contributed by atoms with Gasteiger partial charge in [0.15, 0.2) is 0 Å². The Morgan fingerprint density at radius 2 is 2.05 bits per heavy atom. The standard InChI is InChI=1S/C15H10BrFN2O/c1-9-2-3-10(7-13(9)16)15(20)19-14-5-4-12(17)6-11(14)8-18/h2-7H,1H3,(H,19,20). The van der Waals surface area contributed by atoms with Crippen LogP contribution in [-0.4, -0.2) is 5.91 Å². The molecule has 1 N–H and O–H groups in total. The van der Waals surface area contributed by atoms with Crippen LogP contribution in [0.1, 0.15) is 21.5 Å². The van der Waals surface area contributed by atoms with Crippen LogP contribution >= 0.6 is 15.9 Å². The van der Waals surface area contributed by atoms with Gasteiger partial charge in [-0.3, -0.25) is 4.79 Å². The third-order valence-electron chi connectivity index (χ3n) is 2.78.